The lowest BCUT2D eigenvalue weighted by molar-refractivity contribution is 0.578. The molecule has 18 heavy (non-hydrogen) atoms. The van der Waals surface area contributed by atoms with Crippen molar-refractivity contribution < 1.29 is 8.42 Å². The minimum Gasteiger partial charge on any atom is -0.332 e. The van der Waals surface area contributed by atoms with E-state index in [9.17, 15) is 8.42 Å². The maximum atomic E-state index is 11.9. The van der Waals surface area contributed by atoms with Gasteiger partial charge in [-0.1, -0.05) is 6.92 Å². The van der Waals surface area contributed by atoms with Gasteiger partial charge in [-0.25, -0.2) is 23.1 Å². The highest BCUT2D eigenvalue weighted by atomic mass is 32.2. The van der Waals surface area contributed by atoms with Crippen LogP contribution in [0.2, 0.25) is 0 Å². The van der Waals surface area contributed by atoms with E-state index >= 15 is 0 Å². The van der Waals surface area contributed by atoms with Gasteiger partial charge in [-0.3, -0.25) is 0 Å². The lowest BCUT2D eigenvalue weighted by atomic mass is 10.5. The van der Waals surface area contributed by atoms with Crippen LogP contribution in [0.1, 0.15) is 17.8 Å². The molecule has 0 amide bonds. The molecular formula is C10H14N4O2S2. The molecule has 0 radical (unpaired) electrons. The third kappa shape index (κ3) is 3.15. The van der Waals surface area contributed by atoms with Gasteiger partial charge in [-0.15, -0.1) is 11.3 Å². The highest BCUT2D eigenvalue weighted by Gasteiger charge is 2.16. The first-order valence-electron chi connectivity index (χ1n) is 5.53. The Bertz CT molecular complexity index is 589. The van der Waals surface area contributed by atoms with Gasteiger partial charge in [0.05, 0.1) is 11.2 Å². The summed E-state index contributed by atoms with van der Waals surface area (Å²) in [7, 11) is -3.49. The summed E-state index contributed by atoms with van der Waals surface area (Å²) in [5.74, 6) is 0.662. The topological polar surface area (TPSA) is 87.7 Å². The van der Waals surface area contributed by atoms with Crippen LogP contribution in [0.5, 0.6) is 0 Å². The zero-order valence-electron chi connectivity index (χ0n) is 9.88. The summed E-state index contributed by atoms with van der Waals surface area (Å²) in [4.78, 5) is 10.8. The van der Waals surface area contributed by atoms with Crippen molar-refractivity contribution in [1.82, 2.24) is 19.7 Å². The van der Waals surface area contributed by atoms with Crippen LogP contribution in [0.3, 0.4) is 0 Å². The highest BCUT2D eigenvalue weighted by molar-refractivity contribution is 7.89. The first-order valence-corrected chi connectivity index (χ1v) is 7.90. The molecule has 2 aromatic rings. The van der Waals surface area contributed by atoms with Crippen molar-refractivity contribution in [3.8, 4) is 0 Å². The van der Waals surface area contributed by atoms with Crippen molar-refractivity contribution in [2.24, 2.45) is 0 Å². The van der Waals surface area contributed by atoms with Gasteiger partial charge in [0.25, 0.3) is 10.0 Å². The van der Waals surface area contributed by atoms with Crippen LogP contribution in [0.25, 0.3) is 0 Å². The SMILES string of the molecule is CCc1ncc(S(=O)(=O)NCCc2nccs2)[nH]1. The number of nitrogens with zero attached hydrogens (tertiary/aromatic N) is 2. The molecule has 0 saturated heterocycles. The standard InChI is InChI=1S/C10H14N4O2S2/c1-2-8-12-7-10(14-8)18(15,16)13-4-3-9-11-5-6-17-9/h5-7,13H,2-4H2,1H3,(H,12,14). The summed E-state index contributed by atoms with van der Waals surface area (Å²) >= 11 is 1.51. The zero-order chi connectivity index (χ0) is 13.0. The molecule has 0 atom stereocenters. The van der Waals surface area contributed by atoms with E-state index in [1.807, 2.05) is 12.3 Å². The van der Waals surface area contributed by atoms with E-state index in [2.05, 4.69) is 19.7 Å². The fourth-order valence-corrected chi connectivity index (χ4v) is 3.00. The smallest absolute Gasteiger partial charge is 0.257 e. The number of rotatable bonds is 6. The van der Waals surface area contributed by atoms with Gasteiger partial charge in [-0.2, -0.15) is 0 Å². The average molecular weight is 286 g/mol. The second-order valence-electron chi connectivity index (χ2n) is 3.62. The van der Waals surface area contributed by atoms with Gasteiger partial charge in [-0.05, 0) is 0 Å². The molecule has 2 aromatic heterocycles. The molecule has 8 heteroatoms. The molecule has 2 rings (SSSR count). The molecule has 0 aliphatic carbocycles. The van der Waals surface area contributed by atoms with Crippen LogP contribution >= 0.6 is 11.3 Å². The van der Waals surface area contributed by atoms with Crippen molar-refractivity contribution in [3.63, 3.8) is 0 Å². The molecule has 0 spiro atoms. The minimum absolute atomic E-state index is 0.110. The summed E-state index contributed by atoms with van der Waals surface area (Å²) in [5.41, 5.74) is 0. The van der Waals surface area contributed by atoms with E-state index in [0.717, 1.165) is 5.01 Å². The van der Waals surface area contributed by atoms with Crippen molar-refractivity contribution >= 4 is 21.4 Å². The van der Waals surface area contributed by atoms with Crippen molar-refractivity contribution in [1.29, 1.82) is 0 Å². The largest absolute Gasteiger partial charge is 0.332 e. The Hall–Kier alpha value is -1.25. The molecule has 98 valence electrons. The molecular weight excluding hydrogens is 272 g/mol. The first kappa shape index (κ1) is 13.2. The molecule has 0 saturated carbocycles. The molecule has 0 fully saturated rings. The van der Waals surface area contributed by atoms with Gasteiger partial charge in [0, 0.05) is 31.0 Å². The number of aromatic nitrogens is 3. The Morgan fingerprint density at radius 2 is 2.28 bits per heavy atom. The summed E-state index contributed by atoms with van der Waals surface area (Å²) in [6.45, 7) is 2.24. The number of thiazole rings is 1. The lowest BCUT2D eigenvalue weighted by Crippen LogP contribution is -2.26. The summed E-state index contributed by atoms with van der Waals surface area (Å²) in [6, 6.07) is 0. The van der Waals surface area contributed by atoms with E-state index in [1.54, 1.807) is 6.20 Å². The van der Waals surface area contributed by atoms with Gasteiger partial charge >= 0.3 is 0 Å². The van der Waals surface area contributed by atoms with Crippen LogP contribution in [0, 0.1) is 0 Å². The maximum Gasteiger partial charge on any atom is 0.257 e. The molecule has 0 aliphatic heterocycles. The third-order valence-electron chi connectivity index (χ3n) is 2.34. The summed E-state index contributed by atoms with van der Waals surface area (Å²) in [5, 5.41) is 2.89. The summed E-state index contributed by atoms with van der Waals surface area (Å²) in [6.07, 6.45) is 4.31. The Balaban J connectivity index is 1.95. The molecule has 0 bridgehead atoms. The molecule has 2 N–H and O–H groups in total. The van der Waals surface area contributed by atoms with Crippen molar-refractivity contribution in [3.05, 3.63) is 28.6 Å². The Kier molecular flexibility index (Phi) is 4.10. The second kappa shape index (κ2) is 5.59. The lowest BCUT2D eigenvalue weighted by Gasteiger charge is -2.02. The number of sulfonamides is 1. The number of hydrogen-bond acceptors (Lipinski definition) is 5. The van der Waals surface area contributed by atoms with Gasteiger partial charge in [0.2, 0.25) is 0 Å². The van der Waals surface area contributed by atoms with E-state index in [1.165, 1.54) is 17.5 Å². The van der Waals surface area contributed by atoms with Crippen LogP contribution < -0.4 is 4.72 Å². The number of aromatic amines is 1. The number of hydrogen-bond donors (Lipinski definition) is 2. The first-order chi connectivity index (χ1) is 8.62. The maximum absolute atomic E-state index is 11.9. The Morgan fingerprint density at radius 3 is 2.89 bits per heavy atom. The minimum atomic E-state index is -3.49. The number of H-pyrrole nitrogens is 1. The predicted molar refractivity (Wildman–Crippen MR) is 69.0 cm³/mol. The second-order valence-corrected chi connectivity index (χ2v) is 6.34. The fourth-order valence-electron chi connectivity index (χ4n) is 1.41. The van der Waals surface area contributed by atoms with Crippen LogP contribution in [-0.2, 0) is 22.9 Å². The average Bonchev–Trinajstić information content (AvgIpc) is 2.99. The van der Waals surface area contributed by atoms with E-state index in [-0.39, 0.29) is 5.03 Å². The van der Waals surface area contributed by atoms with Crippen LogP contribution in [0.4, 0.5) is 0 Å². The molecule has 0 unspecified atom stereocenters. The molecule has 0 aliphatic rings. The van der Waals surface area contributed by atoms with Crippen LogP contribution in [0.15, 0.2) is 22.8 Å². The predicted octanol–water partition coefficient (Wildman–Crippen LogP) is 0.950. The number of nitrogens with one attached hydrogen (secondary N) is 2. The normalized spacial score (nSPS) is 11.8. The third-order valence-corrected chi connectivity index (χ3v) is 4.55. The molecule has 0 aromatic carbocycles. The van der Waals surface area contributed by atoms with E-state index in [0.29, 0.717) is 25.2 Å². The van der Waals surface area contributed by atoms with Gasteiger partial charge in [0.15, 0.2) is 5.03 Å². The summed E-state index contributed by atoms with van der Waals surface area (Å²) < 4.78 is 26.3. The molecule has 2 heterocycles. The van der Waals surface area contributed by atoms with Crippen molar-refractivity contribution in [2.45, 2.75) is 24.8 Å². The quantitative estimate of drug-likeness (QED) is 0.827. The van der Waals surface area contributed by atoms with Crippen LogP contribution in [-0.4, -0.2) is 29.9 Å². The van der Waals surface area contributed by atoms with E-state index < -0.39 is 10.0 Å². The van der Waals surface area contributed by atoms with Gasteiger partial charge in [0.1, 0.15) is 5.82 Å². The highest BCUT2D eigenvalue weighted by Crippen LogP contribution is 2.07. The Morgan fingerprint density at radius 1 is 1.44 bits per heavy atom. The van der Waals surface area contributed by atoms with Gasteiger partial charge < -0.3 is 4.98 Å². The number of imidazole rings is 1. The fraction of sp³-hybridized carbons (Fsp3) is 0.400. The van der Waals surface area contributed by atoms with E-state index in [4.69, 9.17) is 0 Å². The number of aryl methyl sites for hydroxylation is 1. The zero-order valence-corrected chi connectivity index (χ0v) is 11.5. The Labute approximate surface area is 110 Å². The van der Waals surface area contributed by atoms with Crippen molar-refractivity contribution in [2.75, 3.05) is 6.54 Å². The monoisotopic (exact) mass is 286 g/mol. The molecule has 6 nitrogen and oxygen atoms in total.